The number of carboxylic acid groups (broad SMARTS) is 1. The molecule has 30 heteroatoms. The largest absolute Gasteiger partial charge is 0.487 e. The maximum atomic E-state index is 15.3. The average Bonchev–Trinajstić information content (AvgIpc) is 1.64. The molecule has 0 spiro atoms. The van der Waals surface area contributed by atoms with Crippen molar-refractivity contribution < 1.29 is 67.9 Å². The Hall–Kier alpha value is -10.2. The van der Waals surface area contributed by atoms with Gasteiger partial charge in [-0.1, -0.05) is 160 Å². The van der Waals surface area contributed by atoms with E-state index >= 15 is 19.2 Å². The molecule has 0 radical (unpaired) electrons. The van der Waals surface area contributed by atoms with E-state index < -0.39 is 132 Å². The van der Waals surface area contributed by atoms with Gasteiger partial charge >= 0.3 is 5.97 Å². The minimum absolute atomic E-state index is 0.00599. The number of aliphatic carboxylic acids is 1. The van der Waals surface area contributed by atoms with E-state index in [1.807, 2.05) is 6.07 Å². The van der Waals surface area contributed by atoms with Crippen LogP contribution in [0.1, 0.15) is 149 Å². The SMILES string of the molecule is CNC(C)C(=O)NC(CC1CCCCC1)C(=O)N1CC2CC1C(=O)NC(Cc1ccccc1)C(=O)NC(C(=O)O)Cc1ccc(cc1)OCc1cn(nn1)C1CC(C(=O)NC(Cc3ccccc3)C(=O)NC(C(O)O)Cc3ccc(cc3)OCc3cn2nn3)N(C(=O)C(CC2CCCCC2)NC(=O)C(C)NC)C1. The fourth-order valence-corrected chi connectivity index (χ4v) is 15.2. The van der Waals surface area contributed by atoms with Crippen LogP contribution in [0.2, 0.25) is 0 Å². The number of aliphatic hydroxyl groups excluding tert-OH is 1. The lowest BCUT2D eigenvalue weighted by molar-refractivity contribution is -0.143. The number of hydrogen-bond donors (Lipinski definition) is 11. The molecule has 4 aromatic carbocycles. The monoisotopic (exact) mass is 1490 g/mol. The van der Waals surface area contributed by atoms with Crippen molar-refractivity contribution in [2.24, 2.45) is 11.8 Å². The van der Waals surface area contributed by atoms with Crippen molar-refractivity contribution in [3.05, 3.63) is 155 Å². The number of hydrogen-bond acceptors (Lipinski definition) is 19. The number of nitrogens with zero attached hydrogens (tertiary/aromatic N) is 8. The third kappa shape index (κ3) is 21.2. The molecule has 12 unspecified atom stereocenters. The Bertz CT molecular complexity index is 4020. The van der Waals surface area contributed by atoms with Crippen LogP contribution in [-0.2, 0) is 82.0 Å². The Kier molecular flexibility index (Phi) is 27.4. The second-order valence-electron chi connectivity index (χ2n) is 29.5. The van der Waals surface area contributed by atoms with E-state index in [0.29, 0.717) is 58.0 Å². The summed E-state index contributed by atoms with van der Waals surface area (Å²) in [6, 6.07) is 18.7. The Morgan fingerprint density at radius 2 is 0.935 bits per heavy atom. The fourth-order valence-electron chi connectivity index (χ4n) is 15.2. The van der Waals surface area contributed by atoms with Gasteiger partial charge in [0.15, 0.2) is 6.29 Å². The Balaban J connectivity index is 0.896. The van der Waals surface area contributed by atoms with E-state index in [-0.39, 0.29) is 76.7 Å². The summed E-state index contributed by atoms with van der Waals surface area (Å²) in [5.41, 5.74) is 3.17. The molecule has 2 saturated heterocycles. The number of carbonyl (C=O) groups is 9. The molecule has 30 nitrogen and oxygen atoms in total. The number of aliphatic hydroxyl groups is 2. The number of aromatic nitrogens is 6. The van der Waals surface area contributed by atoms with Crippen molar-refractivity contribution in [1.82, 2.24) is 82.3 Å². The van der Waals surface area contributed by atoms with Gasteiger partial charge < -0.3 is 77.1 Å². The predicted octanol–water partition coefficient (Wildman–Crippen LogP) is 3.06. The van der Waals surface area contributed by atoms with E-state index in [1.54, 1.807) is 153 Å². The first kappa shape index (κ1) is 78.9. The highest BCUT2D eigenvalue weighted by atomic mass is 16.5. The van der Waals surface area contributed by atoms with Gasteiger partial charge in [0.05, 0.1) is 42.6 Å². The zero-order valence-corrected chi connectivity index (χ0v) is 61.7. The second kappa shape index (κ2) is 37.6. The molecule has 578 valence electrons. The summed E-state index contributed by atoms with van der Waals surface area (Å²) in [6.45, 7) is 3.11. The van der Waals surface area contributed by atoms with Crippen LogP contribution >= 0.6 is 0 Å². The summed E-state index contributed by atoms with van der Waals surface area (Å²) in [7, 11) is 3.29. The lowest BCUT2D eigenvalue weighted by Crippen LogP contribution is -2.59. The van der Waals surface area contributed by atoms with Crippen LogP contribution in [0.25, 0.3) is 0 Å². The first-order valence-corrected chi connectivity index (χ1v) is 37.8. The molecule has 8 aliphatic rings. The van der Waals surface area contributed by atoms with E-state index in [2.05, 4.69) is 63.2 Å². The number of rotatable bonds is 18. The highest BCUT2D eigenvalue weighted by Crippen LogP contribution is 2.35. The van der Waals surface area contributed by atoms with Crippen LogP contribution in [0.5, 0.6) is 11.5 Å². The van der Waals surface area contributed by atoms with Crippen LogP contribution in [0.3, 0.4) is 0 Å². The van der Waals surface area contributed by atoms with Crippen molar-refractivity contribution in [2.75, 3.05) is 27.2 Å². The first-order chi connectivity index (χ1) is 52.1. The summed E-state index contributed by atoms with van der Waals surface area (Å²) >= 11 is 0. The molecule has 4 fully saturated rings. The number of carbonyl (C=O) groups excluding carboxylic acids is 8. The van der Waals surface area contributed by atoms with Crippen LogP contribution in [-0.4, -0.2) is 202 Å². The fraction of sp³-hybridized carbons (Fsp3) is 0.526. The smallest absolute Gasteiger partial charge is 0.326 e. The van der Waals surface area contributed by atoms with Gasteiger partial charge in [-0.05, 0) is 106 Å². The normalized spacial score (nSPS) is 23.6. The molecule has 11 N–H and O–H groups in total. The maximum Gasteiger partial charge on any atom is 0.326 e. The zero-order valence-electron chi connectivity index (χ0n) is 61.7. The van der Waals surface area contributed by atoms with Gasteiger partial charge in [0.25, 0.3) is 0 Å². The topological polar surface area (TPSA) is 397 Å². The molecule has 8 amide bonds. The van der Waals surface area contributed by atoms with E-state index in [1.165, 1.54) is 9.80 Å². The highest BCUT2D eigenvalue weighted by Gasteiger charge is 2.47. The van der Waals surface area contributed by atoms with Crippen molar-refractivity contribution in [2.45, 2.75) is 221 Å². The summed E-state index contributed by atoms with van der Waals surface area (Å²) in [5.74, 6) is -4.96. The Morgan fingerprint density at radius 1 is 0.528 bits per heavy atom. The van der Waals surface area contributed by atoms with Crippen LogP contribution in [0, 0.1) is 11.8 Å². The van der Waals surface area contributed by atoms with Crippen molar-refractivity contribution >= 4 is 53.2 Å². The number of nitrogens with one attached hydrogen (secondary N) is 8. The third-order valence-electron chi connectivity index (χ3n) is 21.7. The van der Waals surface area contributed by atoms with Gasteiger partial charge in [-0.25, -0.2) is 14.2 Å². The van der Waals surface area contributed by atoms with Gasteiger partial charge in [-0.3, -0.25) is 38.4 Å². The molecule has 6 aliphatic heterocycles. The molecule has 8 heterocycles. The molecular formula is C78H102N16O14. The molecule has 2 aromatic heterocycles. The van der Waals surface area contributed by atoms with E-state index in [4.69, 9.17) is 9.47 Å². The van der Waals surface area contributed by atoms with Gasteiger partial charge in [0.1, 0.15) is 78.4 Å². The summed E-state index contributed by atoms with van der Waals surface area (Å²) in [4.78, 5) is 134. The minimum atomic E-state index is -2.07. The van der Waals surface area contributed by atoms with Gasteiger partial charge in [-0.15, -0.1) is 10.2 Å². The summed E-state index contributed by atoms with van der Waals surface area (Å²) in [6.07, 6.45) is 11.1. The number of carboxylic acids is 1. The van der Waals surface area contributed by atoms with Gasteiger partial charge in [0, 0.05) is 45.2 Å². The number of likely N-dealkylation sites (N-methyl/N-ethyl adjacent to an activating group) is 2. The van der Waals surface area contributed by atoms with Crippen LogP contribution < -0.4 is 52.0 Å². The van der Waals surface area contributed by atoms with Crippen molar-refractivity contribution in [3.8, 4) is 11.5 Å². The number of likely N-dealkylation sites (tertiary alicyclic amines) is 2. The molecule has 6 aromatic rings. The number of amides is 8. The highest BCUT2D eigenvalue weighted by molar-refractivity contribution is 5.97. The van der Waals surface area contributed by atoms with E-state index in [0.717, 1.165) is 64.2 Å². The van der Waals surface area contributed by atoms with Crippen LogP contribution in [0.4, 0.5) is 0 Å². The Labute approximate surface area is 628 Å². The average molecular weight is 1490 g/mol. The maximum absolute atomic E-state index is 15.3. The molecule has 12 atom stereocenters. The molecule has 108 heavy (non-hydrogen) atoms. The van der Waals surface area contributed by atoms with Gasteiger partial charge in [-0.2, -0.15) is 0 Å². The zero-order chi connectivity index (χ0) is 76.4. The number of ether oxygens (including phenoxy) is 2. The molecule has 2 saturated carbocycles. The summed E-state index contributed by atoms with van der Waals surface area (Å²) in [5, 5.41) is 73.5. The minimum Gasteiger partial charge on any atom is -0.487 e. The lowest BCUT2D eigenvalue weighted by Gasteiger charge is -2.32. The molecular weight excluding hydrogens is 1380 g/mol. The van der Waals surface area contributed by atoms with Crippen LogP contribution in [0.15, 0.2) is 122 Å². The quantitative estimate of drug-likeness (QED) is 0.0551. The van der Waals surface area contributed by atoms with Crippen molar-refractivity contribution in [1.29, 1.82) is 0 Å². The standard InChI is InChI=1S/C78H102N16O14/c1-47(79-3)69(95)83-63(35-51-21-13-7-14-22-51)75(101)91-43-57-39-67(91)73(99)81-61(33-49-17-9-5-10-18-49)71(97)85-65(77(103)104)37-53-27-31-60(32-28-53)108-46-56-42-94(90-88-56)58-40-68(92(44-58)76(102)64(84-70(96)48(2)80-4)36-52-23-15-8-16-24-52)74(100)82-62(34-50-19-11-6-12-20-50)72(98)86-66(78(105)106)38-54-25-29-59(30-26-54)107-45-55-41-93(57)89-87-55/h5-6,9-12,17-20,25-32,41-42,47-48,51-52,57-58,61-68,77,79-80,103-104H,7-8,13-16,21-24,33-40,43-46H2,1-4H3,(H,81,99)(H,82,100)(H,83,95)(H,84,96)(H,85,97)(H,86,98)(H,105,106). The summed E-state index contributed by atoms with van der Waals surface area (Å²) < 4.78 is 15.5. The van der Waals surface area contributed by atoms with Crippen molar-refractivity contribution in [3.63, 3.8) is 0 Å². The number of benzene rings is 4. The Morgan fingerprint density at radius 3 is 1.33 bits per heavy atom. The molecule has 14 rings (SSSR count). The van der Waals surface area contributed by atoms with Gasteiger partial charge in [0.2, 0.25) is 47.3 Å². The lowest BCUT2D eigenvalue weighted by atomic mass is 9.84. The first-order valence-electron chi connectivity index (χ1n) is 37.8. The predicted molar refractivity (Wildman–Crippen MR) is 394 cm³/mol. The second-order valence-corrected chi connectivity index (χ2v) is 29.5. The van der Waals surface area contributed by atoms with E-state index in [9.17, 15) is 39.3 Å². The molecule has 12 bridgehead atoms. The third-order valence-corrected chi connectivity index (χ3v) is 21.7. The molecule has 2 aliphatic carbocycles.